The first-order valence-corrected chi connectivity index (χ1v) is 6.46. The number of thioether (sulfide) groups is 1. The largest absolute Gasteiger partial charge is 0.397 e. The molecular weight excluding hydrogens is 222 g/mol. The molecule has 0 bridgehead atoms. The molecular formula is C11H17N3OS. The van der Waals surface area contributed by atoms with Crippen molar-refractivity contribution in [2.75, 3.05) is 31.3 Å². The molecule has 0 spiro atoms. The molecule has 0 atom stereocenters. The third-order valence-electron chi connectivity index (χ3n) is 2.24. The van der Waals surface area contributed by atoms with E-state index in [1.165, 1.54) is 0 Å². The van der Waals surface area contributed by atoms with Crippen LogP contribution in [0.1, 0.15) is 5.69 Å². The Balaban J connectivity index is 2.47. The molecule has 0 saturated heterocycles. The first-order chi connectivity index (χ1) is 7.63. The second-order valence-corrected chi connectivity index (χ2v) is 4.55. The van der Waals surface area contributed by atoms with E-state index in [9.17, 15) is 4.79 Å². The van der Waals surface area contributed by atoms with Gasteiger partial charge in [-0.05, 0) is 18.4 Å². The van der Waals surface area contributed by atoms with Crippen molar-refractivity contribution in [3.05, 3.63) is 24.0 Å². The van der Waals surface area contributed by atoms with Gasteiger partial charge in [-0.3, -0.25) is 9.78 Å². The molecule has 1 heterocycles. The van der Waals surface area contributed by atoms with Crippen molar-refractivity contribution < 1.29 is 4.79 Å². The number of carbonyl (C=O) groups is 1. The molecule has 0 saturated carbocycles. The van der Waals surface area contributed by atoms with E-state index in [1.807, 2.05) is 13.3 Å². The highest BCUT2D eigenvalue weighted by atomic mass is 32.2. The maximum atomic E-state index is 11.7. The topological polar surface area (TPSA) is 59.2 Å². The minimum atomic E-state index is 0.0892. The number of hydrogen-bond donors (Lipinski definition) is 1. The summed E-state index contributed by atoms with van der Waals surface area (Å²) in [6.45, 7) is 0.773. The van der Waals surface area contributed by atoms with Crippen molar-refractivity contribution in [2.24, 2.45) is 0 Å². The SMILES string of the molecule is CSCCN(C)C(=O)Cc1ccc(N)cn1. The number of likely N-dealkylation sites (N-methyl/N-ethyl adjacent to an activating group) is 1. The number of rotatable bonds is 5. The fourth-order valence-electron chi connectivity index (χ4n) is 1.18. The van der Waals surface area contributed by atoms with E-state index in [-0.39, 0.29) is 5.91 Å². The molecule has 0 aromatic carbocycles. The van der Waals surface area contributed by atoms with Gasteiger partial charge < -0.3 is 10.6 Å². The Kier molecular flexibility index (Phi) is 5.11. The van der Waals surface area contributed by atoms with Gasteiger partial charge in [-0.2, -0.15) is 11.8 Å². The van der Waals surface area contributed by atoms with Crippen molar-refractivity contribution >= 4 is 23.4 Å². The van der Waals surface area contributed by atoms with Crippen molar-refractivity contribution in [1.82, 2.24) is 9.88 Å². The van der Waals surface area contributed by atoms with Gasteiger partial charge in [0.1, 0.15) is 0 Å². The maximum absolute atomic E-state index is 11.7. The van der Waals surface area contributed by atoms with Crippen LogP contribution in [0.3, 0.4) is 0 Å². The zero-order chi connectivity index (χ0) is 12.0. The number of pyridine rings is 1. The van der Waals surface area contributed by atoms with Crippen LogP contribution in [0.15, 0.2) is 18.3 Å². The number of carbonyl (C=O) groups excluding carboxylic acids is 1. The van der Waals surface area contributed by atoms with Crippen LogP contribution in [0.2, 0.25) is 0 Å². The summed E-state index contributed by atoms with van der Waals surface area (Å²) in [5.74, 6) is 1.04. The normalized spacial score (nSPS) is 10.1. The van der Waals surface area contributed by atoms with E-state index in [0.717, 1.165) is 18.0 Å². The lowest BCUT2D eigenvalue weighted by Gasteiger charge is -2.16. The lowest BCUT2D eigenvalue weighted by molar-refractivity contribution is -0.128. The molecule has 1 aromatic heterocycles. The van der Waals surface area contributed by atoms with Crippen molar-refractivity contribution in [2.45, 2.75) is 6.42 Å². The number of amides is 1. The summed E-state index contributed by atoms with van der Waals surface area (Å²) in [5, 5.41) is 0. The Hall–Kier alpha value is -1.23. The highest BCUT2D eigenvalue weighted by molar-refractivity contribution is 7.98. The molecule has 88 valence electrons. The molecule has 0 aliphatic carbocycles. The number of hydrogen-bond acceptors (Lipinski definition) is 4. The molecule has 16 heavy (non-hydrogen) atoms. The van der Waals surface area contributed by atoms with E-state index < -0.39 is 0 Å². The van der Waals surface area contributed by atoms with E-state index in [1.54, 1.807) is 35.0 Å². The summed E-state index contributed by atoms with van der Waals surface area (Å²) in [6, 6.07) is 3.55. The number of nitrogens with zero attached hydrogens (tertiary/aromatic N) is 2. The molecule has 1 aromatic rings. The molecule has 5 heteroatoms. The summed E-state index contributed by atoms with van der Waals surface area (Å²) in [6.07, 6.45) is 3.94. The van der Waals surface area contributed by atoms with Crippen molar-refractivity contribution in [3.8, 4) is 0 Å². The van der Waals surface area contributed by atoms with Gasteiger partial charge in [0.25, 0.3) is 0 Å². The summed E-state index contributed by atoms with van der Waals surface area (Å²) in [5.41, 5.74) is 6.90. The van der Waals surface area contributed by atoms with Gasteiger partial charge in [0.15, 0.2) is 0 Å². The number of nitrogens with two attached hydrogens (primary N) is 1. The third-order valence-corrected chi connectivity index (χ3v) is 2.83. The molecule has 0 unspecified atom stereocenters. The fraction of sp³-hybridized carbons (Fsp3) is 0.455. The smallest absolute Gasteiger partial charge is 0.228 e. The standard InChI is InChI=1S/C11H17N3OS/c1-14(5-6-16-2)11(15)7-10-4-3-9(12)8-13-10/h3-4,8H,5-7,12H2,1-2H3. The predicted octanol–water partition coefficient (Wildman–Crippen LogP) is 1.03. The molecule has 0 aliphatic rings. The average Bonchev–Trinajstić information content (AvgIpc) is 2.29. The molecule has 4 nitrogen and oxygen atoms in total. The van der Waals surface area contributed by atoms with E-state index in [2.05, 4.69) is 4.98 Å². The predicted molar refractivity (Wildman–Crippen MR) is 68.4 cm³/mol. The van der Waals surface area contributed by atoms with Gasteiger partial charge in [-0.1, -0.05) is 0 Å². The van der Waals surface area contributed by atoms with Crippen molar-refractivity contribution in [3.63, 3.8) is 0 Å². The lowest BCUT2D eigenvalue weighted by Crippen LogP contribution is -2.30. The first kappa shape index (κ1) is 12.8. The van der Waals surface area contributed by atoms with Crippen molar-refractivity contribution in [1.29, 1.82) is 0 Å². The molecule has 1 rings (SSSR count). The van der Waals surface area contributed by atoms with Gasteiger partial charge in [-0.15, -0.1) is 0 Å². The Morgan fingerprint density at radius 1 is 1.56 bits per heavy atom. The third kappa shape index (κ3) is 4.10. The van der Waals surface area contributed by atoms with Gasteiger partial charge in [-0.25, -0.2) is 0 Å². The molecule has 0 aliphatic heterocycles. The van der Waals surface area contributed by atoms with Gasteiger partial charge >= 0.3 is 0 Å². The van der Waals surface area contributed by atoms with Crippen LogP contribution in [0.25, 0.3) is 0 Å². The summed E-state index contributed by atoms with van der Waals surface area (Å²) < 4.78 is 0. The average molecular weight is 239 g/mol. The van der Waals surface area contributed by atoms with Crippen LogP contribution >= 0.6 is 11.8 Å². The Morgan fingerprint density at radius 2 is 2.31 bits per heavy atom. The zero-order valence-corrected chi connectivity index (χ0v) is 10.5. The molecule has 1 amide bonds. The minimum absolute atomic E-state index is 0.0892. The van der Waals surface area contributed by atoms with Gasteiger partial charge in [0.2, 0.25) is 5.91 Å². The summed E-state index contributed by atoms with van der Waals surface area (Å²) in [7, 11) is 1.82. The van der Waals surface area contributed by atoms with Crippen LogP contribution in [0.5, 0.6) is 0 Å². The monoisotopic (exact) mass is 239 g/mol. The lowest BCUT2D eigenvalue weighted by atomic mass is 10.2. The summed E-state index contributed by atoms with van der Waals surface area (Å²) >= 11 is 1.73. The Labute approximate surface area is 100 Å². The quantitative estimate of drug-likeness (QED) is 0.833. The Bertz CT molecular complexity index is 340. The Morgan fingerprint density at radius 3 is 2.88 bits per heavy atom. The van der Waals surface area contributed by atoms with E-state index in [4.69, 9.17) is 5.73 Å². The number of aromatic nitrogens is 1. The second-order valence-electron chi connectivity index (χ2n) is 3.57. The van der Waals surface area contributed by atoms with Crippen LogP contribution in [-0.4, -0.2) is 41.4 Å². The summed E-state index contributed by atoms with van der Waals surface area (Å²) in [4.78, 5) is 17.6. The van der Waals surface area contributed by atoms with Gasteiger partial charge in [0, 0.05) is 25.0 Å². The number of anilines is 1. The molecule has 2 N–H and O–H groups in total. The van der Waals surface area contributed by atoms with Crippen LogP contribution in [-0.2, 0) is 11.2 Å². The highest BCUT2D eigenvalue weighted by Crippen LogP contribution is 2.03. The molecule has 0 fully saturated rings. The zero-order valence-electron chi connectivity index (χ0n) is 9.64. The minimum Gasteiger partial charge on any atom is -0.397 e. The van der Waals surface area contributed by atoms with Gasteiger partial charge in [0.05, 0.1) is 18.3 Å². The van der Waals surface area contributed by atoms with Crippen LogP contribution in [0.4, 0.5) is 5.69 Å². The van der Waals surface area contributed by atoms with Crippen LogP contribution in [0, 0.1) is 0 Å². The highest BCUT2D eigenvalue weighted by Gasteiger charge is 2.09. The van der Waals surface area contributed by atoms with Crippen LogP contribution < -0.4 is 5.73 Å². The first-order valence-electron chi connectivity index (χ1n) is 5.07. The fourth-order valence-corrected chi connectivity index (χ4v) is 1.64. The molecule has 0 radical (unpaired) electrons. The maximum Gasteiger partial charge on any atom is 0.228 e. The van der Waals surface area contributed by atoms with E-state index in [0.29, 0.717) is 12.1 Å². The van der Waals surface area contributed by atoms with E-state index >= 15 is 0 Å². The number of nitrogen functional groups attached to an aromatic ring is 1. The second kappa shape index (κ2) is 6.37.